The highest BCUT2D eigenvalue weighted by Crippen LogP contribution is 2.27. The van der Waals surface area contributed by atoms with Crippen LogP contribution in [-0.2, 0) is 22.7 Å². The van der Waals surface area contributed by atoms with Gasteiger partial charge >= 0.3 is 0 Å². The van der Waals surface area contributed by atoms with E-state index in [9.17, 15) is 10.2 Å². The number of rotatable bonds is 7. The summed E-state index contributed by atoms with van der Waals surface area (Å²) in [5.74, 6) is 0.327. The molecule has 2 N–H and O–H groups in total. The largest absolute Gasteiger partial charge is 0.506 e. The molecular weight excluding hydrogens is 368 g/mol. The Balaban J connectivity index is 1.35. The minimum absolute atomic E-state index is 0.114. The summed E-state index contributed by atoms with van der Waals surface area (Å²) in [6.45, 7) is 3.19. The SMILES string of the molecule is CC(COCc1ccc(O)c2ncccc12)OCc1ccc(O)c2ncccc12. The van der Waals surface area contributed by atoms with Crippen LogP contribution in [-0.4, -0.2) is 32.9 Å². The first-order valence-corrected chi connectivity index (χ1v) is 9.44. The Kier molecular flexibility index (Phi) is 5.55. The summed E-state index contributed by atoms with van der Waals surface area (Å²) >= 11 is 0. The summed E-state index contributed by atoms with van der Waals surface area (Å²) in [6, 6.07) is 14.5. The lowest BCUT2D eigenvalue weighted by atomic mass is 10.1. The molecule has 29 heavy (non-hydrogen) atoms. The molecule has 4 rings (SSSR count). The molecule has 0 saturated carbocycles. The number of pyridine rings is 2. The van der Waals surface area contributed by atoms with E-state index in [0.29, 0.717) is 30.9 Å². The van der Waals surface area contributed by atoms with Gasteiger partial charge in [0, 0.05) is 23.2 Å². The minimum atomic E-state index is -0.114. The van der Waals surface area contributed by atoms with Crippen LogP contribution in [0, 0.1) is 0 Å². The van der Waals surface area contributed by atoms with Crippen molar-refractivity contribution < 1.29 is 19.7 Å². The van der Waals surface area contributed by atoms with Gasteiger partial charge in [0.15, 0.2) is 0 Å². The summed E-state index contributed by atoms with van der Waals surface area (Å²) in [5, 5.41) is 21.6. The predicted molar refractivity (Wildman–Crippen MR) is 111 cm³/mol. The van der Waals surface area contributed by atoms with E-state index in [1.165, 1.54) is 0 Å². The molecule has 0 aliphatic carbocycles. The van der Waals surface area contributed by atoms with Gasteiger partial charge in [0.2, 0.25) is 0 Å². The smallest absolute Gasteiger partial charge is 0.141 e. The number of ether oxygens (including phenoxy) is 2. The Morgan fingerprint density at radius 1 is 0.793 bits per heavy atom. The first-order chi connectivity index (χ1) is 14.1. The Labute approximate surface area is 168 Å². The van der Waals surface area contributed by atoms with Crippen molar-refractivity contribution in [2.24, 2.45) is 0 Å². The molecule has 0 saturated heterocycles. The summed E-state index contributed by atoms with van der Waals surface area (Å²) in [6.07, 6.45) is 3.20. The van der Waals surface area contributed by atoms with Gasteiger partial charge < -0.3 is 19.7 Å². The van der Waals surface area contributed by atoms with Gasteiger partial charge in [-0.15, -0.1) is 0 Å². The van der Waals surface area contributed by atoms with E-state index in [4.69, 9.17) is 9.47 Å². The lowest BCUT2D eigenvalue weighted by Crippen LogP contribution is -2.16. The van der Waals surface area contributed by atoms with Crippen molar-refractivity contribution >= 4 is 21.8 Å². The van der Waals surface area contributed by atoms with Gasteiger partial charge in [0.25, 0.3) is 0 Å². The number of hydrogen-bond acceptors (Lipinski definition) is 6. The van der Waals surface area contributed by atoms with Crippen LogP contribution in [0.5, 0.6) is 11.5 Å². The molecule has 2 aromatic carbocycles. The van der Waals surface area contributed by atoms with Gasteiger partial charge in [-0.2, -0.15) is 0 Å². The fourth-order valence-electron chi connectivity index (χ4n) is 3.30. The third kappa shape index (κ3) is 4.13. The van der Waals surface area contributed by atoms with E-state index in [0.717, 1.165) is 21.9 Å². The maximum absolute atomic E-state index is 9.95. The molecule has 0 fully saturated rings. The van der Waals surface area contributed by atoms with Crippen molar-refractivity contribution in [3.8, 4) is 11.5 Å². The van der Waals surface area contributed by atoms with Crippen LogP contribution in [0.15, 0.2) is 60.9 Å². The van der Waals surface area contributed by atoms with Gasteiger partial charge in [-0.25, -0.2) is 0 Å². The van der Waals surface area contributed by atoms with Gasteiger partial charge in [0.05, 0.1) is 25.9 Å². The standard InChI is InChI=1S/C23H22N2O4/c1-15(29-14-17-7-9-21(27)23-19(17)5-3-11-25-23)12-28-13-16-6-8-20(26)22-18(16)4-2-10-24-22/h2-11,15,26-27H,12-14H2,1H3. The number of fused-ring (bicyclic) bond motifs is 2. The number of benzene rings is 2. The maximum Gasteiger partial charge on any atom is 0.141 e. The summed E-state index contributed by atoms with van der Waals surface area (Å²) in [5.41, 5.74) is 3.08. The number of nitrogens with zero attached hydrogens (tertiary/aromatic N) is 2. The van der Waals surface area contributed by atoms with Crippen LogP contribution in [0.1, 0.15) is 18.1 Å². The van der Waals surface area contributed by atoms with Crippen LogP contribution in [0.2, 0.25) is 0 Å². The monoisotopic (exact) mass is 390 g/mol. The highest BCUT2D eigenvalue weighted by atomic mass is 16.5. The van der Waals surface area contributed by atoms with Crippen LogP contribution in [0.3, 0.4) is 0 Å². The van der Waals surface area contributed by atoms with E-state index in [-0.39, 0.29) is 17.6 Å². The van der Waals surface area contributed by atoms with Crippen LogP contribution in [0.4, 0.5) is 0 Å². The molecule has 0 spiro atoms. The van der Waals surface area contributed by atoms with Gasteiger partial charge in [-0.3, -0.25) is 9.97 Å². The second kappa shape index (κ2) is 8.43. The molecular formula is C23H22N2O4. The molecule has 2 heterocycles. The van der Waals surface area contributed by atoms with Crippen molar-refractivity contribution in [1.29, 1.82) is 0 Å². The van der Waals surface area contributed by atoms with Crippen molar-refractivity contribution in [3.05, 3.63) is 72.1 Å². The summed E-state index contributed by atoms with van der Waals surface area (Å²) in [4.78, 5) is 8.46. The minimum Gasteiger partial charge on any atom is -0.506 e. The first-order valence-electron chi connectivity index (χ1n) is 9.44. The molecule has 4 aromatic rings. The lowest BCUT2D eigenvalue weighted by molar-refractivity contribution is -0.0192. The summed E-state index contributed by atoms with van der Waals surface area (Å²) < 4.78 is 11.8. The molecule has 0 aliphatic rings. The second-order valence-electron chi connectivity index (χ2n) is 6.92. The van der Waals surface area contributed by atoms with Gasteiger partial charge in [0.1, 0.15) is 22.5 Å². The molecule has 2 aromatic heterocycles. The number of aromatic nitrogens is 2. The molecule has 0 bridgehead atoms. The quantitative estimate of drug-likeness (QED) is 0.489. The topological polar surface area (TPSA) is 84.7 Å². The number of phenolic OH excluding ortho intramolecular Hbond substituents is 2. The third-order valence-electron chi connectivity index (χ3n) is 4.81. The van der Waals surface area contributed by atoms with E-state index in [1.54, 1.807) is 24.5 Å². The molecule has 0 amide bonds. The average molecular weight is 390 g/mol. The van der Waals surface area contributed by atoms with Gasteiger partial charge in [-0.1, -0.05) is 24.3 Å². The zero-order valence-corrected chi connectivity index (χ0v) is 16.1. The molecule has 148 valence electrons. The molecule has 0 aliphatic heterocycles. The predicted octanol–water partition coefficient (Wildman–Crippen LogP) is 4.32. The van der Waals surface area contributed by atoms with E-state index < -0.39 is 0 Å². The zero-order valence-electron chi connectivity index (χ0n) is 16.1. The Morgan fingerprint density at radius 3 is 1.93 bits per heavy atom. The molecule has 6 nitrogen and oxygen atoms in total. The van der Waals surface area contributed by atoms with E-state index in [1.807, 2.05) is 43.3 Å². The Bertz CT molecular complexity index is 1150. The normalized spacial score (nSPS) is 12.4. The second-order valence-corrected chi connectivity index (χ2v) is 6.92. The Morgan fingerprint density at radius 2 is 1.34 bits per heavy atom. The summed E-state index contributed by atoms with van der Waals surface area (Å²) in [7, 11) is 0. The molecule has 6 heteroatoms. The molecule has 1 atom stereocenters. The highest BCUT2D eigenvalue weighted by Gasteiger charge is 2.10. The van der Waals surface area contributed by atoms with Crippen molar-refractivity contribution in [2.45, 2.75) is 26.2 Å². The van der Waals surface area contributed by atoms with Crippen molar-refractivity contribution in [2.75, 3.05) is 6.61 Å². The number of phenols is 2. The number of aromatic hydroxyl groups is 2. The van der Waals surface area contributed by atoms with Crippen LogP contribution >= 0.6 is 0 Å². The highest BCUT2D eigenvalue weighted by molar-refractivity contribution is 5.87. The van der Waals surface area contributed by atoms with Crippen molar-refractivity contribution in [3.63, 3.8) is 0 Å². The Hall–Kier alpha value is -3.22. The number of hydrogen-bond donors (Lipinski definition) is 2. The lowest BCUT2D eigenvalue weighted by Gasteiger charge is -2.15. The first kappa shape index (κ1) is 19.1. The average Bonchev–Trinajstić information content (AvgIpc) is 2.75. The maximum atomic E-state index is 9.95. The van der Waals surface area contributed by atoms with Crippen LogP contribution < -0.4 is 0 Å². The third-order valence-corrected chi connectivity index (χ3v) is 4.81. The fourth-order valence-corrected chi connectivity index (χ4v) is 3.30. The van der Waals surface area contributed by atoms with Crippen LogP contribution in [0.25, 0.3) is 21.8 Å². The van der Waals surface area contributed by atoms with Gasteiger partial charge in [-0.05, 0) is 42.3 Å². The molecule has 1 unspecified atom stereocenters. The van der Waals surface area contributed by atoms with E-state index >= 15 is 0 Å². The van der Waals surface area contributed by atoms with Crippen molar-refractivity contribution in [1.82, 2.24) is 9.97 Å². The molecule has 0 radical (unpaired) electrons. The van der Waals surface area contributed by atoms with E-state index in [2.05, 4.69) is 9.97 Å². The zero-order chi connectivity index (χ0) is 20.2. The fraction of sp³-hybridized carbons (Fsp3) is 0.217.